The van der Waals surface area contributed by atoms with E-state index in [0.29, 0.717) is 0 Å². The predicted octanol–water partition coefficient (Wildman–Crippen LogP) is 2.36. The first-order valence-electron chi connectivity index (χ1n) is 5.58. The number of sulfonamides is 1. The Morgan fingerprint density at radius 1 is 1.40 bits per heavy atom. The van der Waals surface area contributed by atoms with Crippen molar-refractivity contribution in [1.82, 2.24) is 4.72 Å². The lowest BCUT2D eigenvalue weighted by atomic mass is 10.3. The highest BCUT2D eigenvalue weighted by Crippen LogP contribution is 2.29. The molecule has 20 heavy (non-hydrogen) atoms. The lowest BCUT2D eigenvalue weighted by Gasteiger charge is -2.09. The van der Waals surface area contributed by atoms with Gasteiger partial charge in [-0.05, 0) is 19.1 Å². The second kappa shape index (κ2) is 7.21. The summed E-state index contributed by atoms with van der Waals surface area (Å²) in [6.07, 6.45) is -0.138. The fraction of sp³-hybridized carbons (Fsp3) is 0.364. The van der Waals surface area contributed by atoms with Crippen LogP contribution in [-0.4, -0.2) is 27.5 Å². The largest absolute Gasteiger partial charge is 0.466 e. The molecule has 0 aliphatic rings. The van der Waals surface area contributed by atoms with Crippen molar-refractivity contribution in [2.45, 2.75) is 18.2 Å². The van der Waals surface area contributed by atoms with Gasteiger partial charge in [0.1, 0.15) is 4.90 Å². The van der Waals surface area contributed by atoms with E-state index in [0.717, 1.165) is 12.1 Å². The van der Waals surface area contributed by atoms with Gasteiger partial charge in [-0.25, -0.2) is 17.5 Å². The van der Waals surface area contributed by atoms with Crippen molar-refractivity contribution < 1.29 is 22.3 Å². The van der Waals surface area contributed by atoms with Gasteiger partial charge in [0.25, 0.3) is 0 Å². The van der Waals surface area contributed by atoms with E-state index < -0.39 is 31.7 Å². The molecule has 0 radical (unpaired) electrons. The SMILES string of the molecule is CCOC(=O)CCNS(=O)(=O)c1ccc(Cl)c(F)c1Cl. The Bertz CT molecular complexity index is 607. The van der Waals surface area contributed by atoms with Crippen LogP contribution in [-0.2, 0) is 19.6 Å². The highest BCUT2D eigenvalue weighted by atomic mass is 35.5. The van der Waals surface area contributed by atoms with Crippen LogP contribution in [0.25, 0.3) is 0 Å². The summed E-state index contributed by atoms with van der Waals surface area (Å²) in [5, 5.41) is -0.874. The van der Waals surface area contributed by atoms with Gasteiger partial charge in [-0.3, -0.25) is 4.79 Å². The van der Waals surface area contributed by atoms with Crippen LogP contribution in [0.15, 0.2) is 17.0 Å². The number of hydrogen-bond donors (Lipinski definition) is 1. The number of esters is 1. The number of rotatable bonds is 6. The smallest absolute Gasteiger partial charge is 0.307 e. The number of halogens is 3. The van der Waals surface area contributed by atoms with E-state index in [9.17, 15) is 17.6 Å². The minimum Gasteiger partial charge on any atom is -0.466 e. The van der Waals surface area contributed by atoms with Crippen molar-refractivity contribution in [1.29, 1.82) is 0 Å². The van der Waals surface area contributed by atoms with E-state index in [1.807, 2.05) is 0 Å². The average molecular weight is 344 g/mol. The van der Waals surface area contributed by atoms with Crippen LogP contribution in [0.5, 0.6) is 0 Å². The van der Waals surface area contributed by atoms with Gasteiger partial charge in [0.15, 0.2) is 5.82 Å². The zero-order valence-electron chi connectivity index (χ0n) is 10.5. The maximum Gasteiger partial charge on any atom is 0.307 e. The van der Waals surface area contributed by atoms with Crippen molar-refractivity contribution in [2.24, 2.45) is 0 Å². The topological polar surface area (TPSA) is 72.5 Å². The van der Waals surface area contributed by atoms with Crippen LogP contribution in [0, 0.1) is 5.82 Å². The summed E-state index contributed by atoms with van der Waals surface area (Å²) in [6.45, 7) is 1.67. The lowest BCUT2D eigenvalue weighted by molar-refractivity contribution is -0.142. The molecular formula is C11H12Cl2FNO4S. The van der Waals surface area contributed by atoms with Crippen molar-refractivity contribution in [2.75, 3.05) is 13.2 Å². The van der Waals surface area contributed by atoms with E-state index in [4.69, 9.17) is 23.2 Å². The number of ether oxygens (including phenoxy) is 1. The standard InChI is InChI=1S/C11H12Cl2FNO4S/c1-2-19-9(16)5-6-15-20(17,18)8-4-3-7(12)11(14)10(8)13/h3-4,15H,2,5-6H2,1H3. The first-order chi connectivity index (χ1) is 9.29. The van der Waals surface area contributed by atoms with Crippen molar-refractivity contribution >= 4 is 39.2 Å². The third-order valence-electron chi connectivity index (χ3n) is 2.22. The zero-order valence-corrected chi connectivity index (χ0v) is 12.8. The molecule has 0 saturated heterocycles. The van der Waals surface area contributed by atoms with E-state index in [2.05, 4.69) is 9.46 Å². The number of benzene rings is 1. The molecule has 1 aromatic carbocycles. The number of carbonyl (C=O) groups excluding carboxylic acids is 1. The summed E-state index contributed by atoms with van der Waals surface area (Å²) >= 11 is 11.1. The second-order valence-electron chi connectivity index (χ2n) is 3.63. The Kier molecular flexibility index (Phi) is 6.19. The molecule has 0 fully saturated rings. The highest BCUT2D eigenvalue weighted by molar-refractivity contribution is 7.89. The van der Waals surface area contributed by atoms with Gasteiger partial charge >= 0.3 is 5.97 Å². The summed E-state index contributed by atoms with van der Waals surface area (Å²) in [5.41, 5.74) is 0. The van der Waals surface area contributed by atoms with E-state index in [1.165, 1.54) is 0 Å². The van der Waals surface area contributed by atoms with Gasteiger partial charge in [-0.2, -0.15) is 0 Å². The zero-order chi connectivity index (χ0) is 15.3. The van der Waals surface area contributed by atoms with Crippen molar-refractivity contribution in [3.05, 3.63) is 28.0 Å². The molecule has 0 amide bonds. The predicted molar refractivity (Wildman–Crippen MR) is 72.9 cm³/mol. The van der Waals surface area contributed by atoms with E-state index >= 15 is 0 Å². The monoisotopic (exact) mass is 343 g/mol. The highest BCUT2D eigenvalue weighted by Gasteiger charge is 2.21. The van der Waals surface area contributed by atoms with Crippen LogP contribution in [0.2, 0.25) is 10.0 Å². The molecule has 1 rings (SSSR count). The van der Waals surface area contributed by atoms with Crippen LogP contribution in [0.4, 0.5) is 4.39 Å². The molecule has 1 N–H and O–H groups in total. The van der Waals surface area contributed by atoms with Crippen LogP contribution in [0.3, 0.4) is 0 Å². The number of hydrogen-bond acceptors (Lipinski definition) is 4. The van der Waals surface area contributed by atoms with Gasteiger partial charge in [-0.1, -0.05) is 23.2 Å². The molecule has 9 heteroatoms. The maximum absolute atomic E-state index is 13.4. The lowest BCUT2D eigenvalue weighted by Crippen LogP contribution is -2.27. The Balaban J connectivity index is 2.80. The molecule has 0 saturated carbocycles. The number of nitrogens with one attached hydrogen (secondary N) is 1. The molecule has 0 aliphatic carbocycles. The Morgan fingerprint density at radius 2 is 2.05 bits per heavy atom. The summed E-state index contributed by atoms with van der Waals surface area (Å²) in [5.74, 6) is -1.55. The summed E-state index contributed by atoms with van der Waals surface area (Å²) in [6, 6.07) is 2.17. The average Bonchev–Trinajstić information content (AvgIpc) is 2.35. The summed E-state index contributed by atoms with van der Waals surface area (Å²) < 4.78 is 44.0. The molecule has 0 spiro atoms. The summed E-state index contributed by atoms with van der Waals surface area (Å²) in [7, 11) is -4.03. The Hall–Kier alpha value is -0.890. The van der Waals surface area contributed by atoms with Gasteiger partial charge in [0, 0.05) is 6.54 Å². The molecular weight excluding hydrogens is 332 g/mol. The second-order valence-corrected chi connectivity index (χ2v) is 6.15. The first kappa shape index (κ1) is 17.2. The van der Waals surface area contributed by atoms with Gasteiger partial charge < -0.3 is 4.74 Å². The quantitative estimate of drug-likeness (QED) is 0.635. The first-order valence-corrected chi connectivity index (χ1v) is 7.82. The number of carbonyl (C=O) groups is 1. The van der Waals surface area contributed by atoms with Crippen LogP contribution in [0.1, 0.15) is 13.3 Å². The molecule has 1 aromatic rings. The molecule has 0 atom stereocenters. The van der Waals surface area contributed by atoms with Crippen LogP contribution < -0.4 is 4.72 Å². The third kappa shape index (κ3) is 4.31. The minimum absolute atomic E-state index is 0.138. The molecule has 0 bridgehead atoms. The fourth-order valence-corrected chi connectivity index (χ4v) is 3.09. The van der Waals surface area contributed by atoms with Crippen molar-refractivity contribution in [3.8, 4) is 0 Å². The Labute approximate surface area is 126 Å². The molecule has 0 unspecified atom stereocenters. The van der Waals surface area contributed by atoms with Gasteiger partial charge in [0.05, 0.1) is 23.1 Å². The normalized spacial score (nSPS) is 11.4. The van der Waals surface area contributed by atoms with E-state index in [-0.39, 0.29) is 24.6 Å². The van der Waals surface area contributed by atoms with Gasteiger partial charge in [-0.15, -0.1) is 0 Å². The van der Waals surface area contributed by atoms with Crippen LogP contribution >= 0.6 is 23.2 Å². The molecule has 112 valence electrons. The fourth-order valence-electron chi connectivity index (χ4n) is 1.31. The van der Waals surface area contributed by atoms with Crippen molar-refractivity contribution in [3.63, 3.8) is 0 Å². The molecule has 0 aliphatic heterocycles. The minimum atomic E-state index is -4.03. The van der Waals surface area contributed by atoms with E-state index in [1.54, 1.807) is 6.92 Å². The maximum atomic E-state index is 13.4. The third-order valence-corrected chi connectivity index (χ3v) is 4.49. The molecule has 0 aromatic heterocycles. The molecule has 0 heterocycles. The van der Waals surface area contributed by atoms with Gasteiger partial charge in [0.2, 0.25) is 10.0 Å². The summed E-state index contributed by atoms with van der Waals surface area (Å²) in [4.78, 5) is 10.6. The Morgan fingerprint density at radius 3 is 2.65 bits per heavy atom. The molecule has 5 nitrogen and oxygen atoms in total.